The van der Waals surface area contributed by atoms with Gasteiger partial charge in [0.1, 0.15) is 0 Å². The Morgan fingerprint density at radius 3 is 2.38 bits per heavy atom. The van der Waals surface area contributed by atoms with Crippen LogP contribution >= 0.6 is 12.2 Å². The normalized spacial score (nSPS) is 11.9. The highest BCUT2D eigenvalue weighted by Gasteiger charge is 2.24. The fraction of sp³-hybridized carbons (Fsp3) is 0.467. The molecule has 0 spiro atoms. The predicted octanol–water partition coefficient (Wildman–Crippen LogP) is 1.88. The second kappa shape index (κ2) is 7.83. The van der Waals surface area contributed by atoms with Crippen molar-refractivity contribution in [3.8, 4) is 11.5 Å². The lowest BCUT2D eigenvalue weighted by Gasteiger charge is -2.19. The first-order valence-corrected chi connectivity index (χ1v) is 7.09. The highest BCUT2D eigenvalue weighted by Crippen LogP contribution is 2.27. The average Bonchev–Trinajstić information content (AvgIpc) is 2.43. The molecule has 0 saturated carbocycles. The highest BCUT2D eigenvalue weighted by atomic mass is 32.1. The highest BCUT2D eigenvalue weighted by molar-refractivity contribution is 7.80. The molecular formula is C15H22N2O3S. The van der Waals surface area contributed by atoms with E-state index in [1.165, 1.54) is 0 Å². The number of hydrogen-bond donors (Lipinski definition) is 2. The SMILES string of the molecule is COc1ccc(CNC(=O)C(C(N)=S)C(C)C)cc1OC. The number of nitrogens with two attached hydrogens (primary N) is 1. The van der Waals surface area contributed by atoms with Gasteiger partial charge in [0, 0.05) is 6.54 Å². The molecule has 1 rings (SSSR count). The summed E-state index contributed by atoms with van der Waals surface area (Å²) in [6.07, 6.45) is 0. The molecule has 0 saturated heterocycles. The van der Waals surface area contributed by atoms with Crippen LogP contribution in [0.3, 0.4) is 0 Å². The van der Waals surface area contributed by atoms with Crippen LogP contribution in [0.1, 0.15) is 19.4 Å². The largest absolute Gasteiger partial charge is 0.493 e. The summed E-state index contributed by atoms with van der Waals surface area (Å²) in [5.41, 5.74) is 6.53. The van der Waals surface area contributed by atoms with Gasteiger partial charge >= 0.3 is 0 Å². The molecule has 5 nitrogen and oxygen atoms in total. The standard InChI is InChI=1S/C15H22N2O3S/c1-9(2)13(14(16)21)15(18)17-8-10-5-6-11(19-3)12(7-10)20-4/h5-7,9,13H,8H2,1-4H3,(H2,16,21)(H,17,18). The van der Waals surface area contributed by atoms with E-state index >= 15 is 0 Å². The molecule has 116 valence electrons. The molecule has 6 heteroatoms. The molecular weight excluding hydrogens is 288 g/mol. The summed E-state index contributed by atoms with van der Waals surface area (Å²) in [4.78, 5) is 12.4. The van der Waals surface area contributed by atoms with Crippen molar-refractivity contribution in [3.63, 3.8) is 0 Å². The molecule has 0 radical (unpaired) electrons. The molecule has 1 aromatic carbocycles. The molecule has 1 unspecified atom stereocenters. The van der Waals surface area contributed by atoms with Gasteiger partial charge in [-0.2, -0.15) is 0 Å². The maximum atomic E-state index is 12.1. The van der Waals surface area contributed by atoms with Gasteiger partial charge in [-0.05, 0) is 23.6 Å². The van der Waals surface area contributed by atoms with Crippen LogP contribution in [-0.2, 0) is 11.3 Å². The van der Waals surface area contributed by atoms with E-state index < -0.39 is 5.92 Å². The van der Waals surface area contributed by atoms with Crippen LogP contribution in [0, 0.1) is 11.8 Å². The lowest BCUT2D eigenvalue weighted by molar-refractivity contribution is -0.124. The first-order chi connectivity index (χ1) is 9.90. The Morgan fingerprint density at radius 2 is 1.90 bits per heavy atom. The van der Waals surface area contributed by atoms with Crippen LogP contribution in [0.4, 0.5) is 0 Å². The molecule has 0 heterocycles. The lowest BCUT2D eigenvalue weighted by Crippen LogP contribution is -2.40. The van der Waals surface area contributed by atoms with Crippen LogP contribution in [0.25, 0.3) is 0 Å². The zero-order chi connectivity index (χ0) is 16.0. The number of ether oxygens (including phenoxy) is 2. The zero-order valence-corrected chi connectivity index (χ0v) is 13.6. The van der Waals surface area contributed by atoms with E-state index in [0.29, 0.717) is 18.0 Å². The summed E-state index contributed by atoms with van der Waals surface area (Å²) >= 11 is 4.95. The van der Waals surface area contributed by atoms with E-state index in [2.05, 4.69) is 5.32 Å². The zero-order valence-electron chi connectivity index (χ0n) is 12.8. The third-order valence-electron chi connectivity index (χ3n) is 3.17. The second-order valence-electron chi connectivity index (χ2n) is 5.03. The molecule has 3 N–H and O–H groups in total. The average molecular weight is 310 g/mol. The smallest absolute Gasteiger partial charge is 0.230 e. The maximum absolute atomic E-state index is 12.1. The quantitative estimate of drug-likeness (QED) is 0.752. The predicted molar refractivity (Wildman–Crippen MR) is 86.5 cm³/mol. The number of carbonyl (C=O) groups is 1. The summed E-state index contributed by atoms with van der Waals surface area (Å²) in [5, 5.41) is 2.85. The van der Waals surface area contributed by atoms with E-state index in [4.69, 9.17) is 27.4 Å². The monoisotopic (exact) mass is 310 g/mol. The maximum Gasteiger partial charge on any atom is 0.230 e. The van der Waals surface area contributed by atoms with Crippen molar-refractivity contribution in [1.82, 2.24) is 5.32 Å². The number of thiocarbonyl (C=S) groups is 1. The number of nitrogens with one attached hydrogen (secondary N) is 1. The molecule has 0 aliphatic heterocycles. The number of benzene rings is 1. The van der Waals surface area contributed by atoms with E-state index in [0.717, 1.165) is 5.56 Å². The van der Waals surface area contributed by atoms with Gasteiger partial charge in [-0.15, -0.1) is 0 Å². The Hall–Kier alpha value is -1.82. The van der Waals surface area contributed by atoms with Gasteiger partial charge in [0.15, 0.2) is 11.5 Å². The fourth-order valence-electron chi connectivity index (χ4n) is 2.05. The summed E-state index contributed by atoms with van der Waals surface area (Å²) in [6, 6.07) is 5.49. The topological polar surface area (TPSA) is 73.6 Å². The number of hydrogen-bond acceptors (Lipinski definition) is 4. The van der Waals surface area contributed by atoms with Gasteiger partial charge in [0.05, 0.1) is 25.1 Å². The third-order valence-corrected chi connectivity index (χ3v) is 3.42. The third kappa shape index (κ3) is 4.60. The molecule has 1 atom stereocenters. The van der Waals surface area contributed by atoms with E-state index in [1.807, 2.05) is 26.0 Å². The van der Waals surface area contributed by atoms with Crippen molar-refractivity contribution in [2.75, 3.05) is 14.2 Å². The summed E-state index contributed by atoms with van der Waals surface area (Å²) < 4.78 is 10.4. The molecule has 0 aromatic heterocycles. The summed E-state index contributed by atoms with van der Waals surface area (Å²) in [7, 11) is 3.15. The van der Waals surface area contributed by atoms with Crippen molar-refractivity contribution in [3.05, 3.63) is 23.8 Å². The molecule has 0 aliphatic rings. The Balaban J connectivity index is 2.75. The van der Waals surface area contributed by atoms with Gasteiger partial charge in [-0.1, -0.05) is 32.1 Å². The number of rotatable bonds is 7. The Kier molecular flexibility index (Phi) is 6.42. The van der Waals surface area contributed by atoms with Crippen LogP contribution in [0.5, 0.6) is 11.5 Å². The van der Waals surface area contributed by atoms with Gasteiger partial charge in [-0.25, -0.2) is 0 Å². The fourth-order valence-corrected chi connectivity index (χ4v) is 2.43. The minimum absolute atomic E-state index is 0.0629. The van der Waals surface area contributed by atoms with Crippen molar-refractivity contribution in [2.45, 2.75) is 20.4 Å². The van der Waals surface area contributed by atoms with Crippen molar-refractivity contribution in [2.24, 2.45) is 17.6 Å². The Bertz CT molecular complexity index is 518. The molecule has 0 aliphatic carbocycles. The van der Waals surface area contributed by atoms with Gasteiger partial charge in [-0.3, -0.25) is 4.79 Å². The molecule has 1 aromatic rings. The van der Waals surface area contributed by atoms with E-state index in [9.17, 15) is 4.79 Å². The van der Waals surface area contributed by atoms with Crippen LogP contribution < -0.4 is 20.5 Å². The molecule has 1 amide bonds. The van der Waals surface area contributed by atoms with Crippen molar-refractivity contribution in [1.29, 1.82) is 0 Å². The van der Waals surface area contributed by atoms with Crippen LogP contribution in [0.2, 0.25) is 0 Å². The van der Waals surface area contributed by atoms with Crippen LogP contribution in [0.15, 0.2) is 18.2 Å². The minimum Gasteiger partial charge on any atom is -0.493 e. The number of methoxy groups -OCH3 is 2. The molecule has 21 heavy (non-hydrogen) atoms. The van der Waals surface area contributed by atoms with Crippen molar-refractivity contribution < 1.29 is 14.3 Å². The first kappa shape index (κ1) is 17.2. The van der Waals surface area contributed by atoms with Gasteiger partial charge < -0.3 is 20.5 Å². The molecule has 0 bridgehead atoms. The Labute approximate surface area is 130 Å². The minimum atomic E-state index is -0.458. The van der Waals surface area contributed by atoms with Crippen LogP contribution in [-0.4, -0.2) is 25.1 Å². The summed E-state index contributed by atoms with van der Waals surface area (Å²) in [5.74, 6) is 0.718. The number of amides is 1. The van der Waals surface area contributed by atoms with Gasteiger partial charge in [0.25, 0.3) is 0 Å². The Morgan fingerprint density at radius 1 is 1.29 bits per heavy atom. The summed E-state index contributed by atoms with van der Waals surface area (Å²) in [6.45, 7) is 4.21. The molecule has 0 fully saturated rings. The van der Waals surface area contributed by atoms with E-state index in [-0.39, 0.29) is 16.8 Å². The van der Waals surface area contributed by atoms with Crippen molar-refractivity contribution >= 4 is 23.1 Å². The second-order valence-corrected chi connectivity index (χ2v) is 5.50. The van der Waals surface area contributed by atoms with E-state index in [1.54, 1.807) is 20.3 Å². The van der Waals surface area contributed by atoms with Gasteiger partial charge in [0.2, 0.25) is 5.91 Å². The first-order valence-electron chi connectivity index (χ1n) is 6.68. The number of carbonyl (C=O) groups excluding carboxylic acids is 1. The lowest BCUT2D eigenvalue weighted by atomic mass is 9.95.